The third-order valence-corrected chi connectivity index (χ3v) is 4.93. The summed E-state index contributed by atoms with van der Waals surface area (Å²) in [5.74, 6) is -0.0277. The highest BCUT2D eigenvalue weighted by Crippen LogP contribution is 2.23. The van der Waals surface area contributed by atoms with E-state index in [4.69, 9.17) is 5.73 Å². The normalized spacial score (nSPS) is 14.0. The third-order valence-electron chi connectivity index (χ3n) is 3.03. The summed E-state index contributed by atoms with van der Waals surface area (Å²) in [4.78, 5) is 4.04. The maximum absolute atomic E-state index is 12.5. The Morgan fingerprint density at radius 1 is 1.50 bits per heavy atom. The molecule has 2 heterocycles. The first-order valence-electron chi connectivity index (χ1n) is 6.21. The smallest absolute Gasteiger partial charge is 0.262 e. The molecule has 0 spiro atoms. The molecule has 0 aliphatic heterocycles. The van der Waals surface area contributed by atoms with Gasteiger partial charge in [-0.2, -0.15) is 4.31 Å². The van der Waals surface area contributed by atoms with Crippen LogP contribution in [-0.4, -0.2) is 46.9 Å². The fraction of sp³-hybridized carbons (Fsp3) is 0.417. The van der Waals surface area contributed by atoms with E-state index in [0.29, 0.717) is 12.1 Å². The molecule has 0 saturated heterocycles. The molecule has 0 aliphatic rings. The second kappa shape index (κ2) is 5.39. The number of anilines is 1. The second-order valence-electron chi connectivity index (χ2n) is 4.70. The molecule has 110 valence electrons. The summed E-state index contributed by atoms with van der Waals surface area (Å²) < 4.78 is 27.7. The fourth-order valence-electron chi connectivity index (χ4n) is 1.88. The molecule has 0 fully saturated rings. The lowest BCUT2D eigenvalue weighted by molar-refractivity contribution is 0.177. The molecule has 0 aromatic carbocycles. The lowest BCUT2D eigenvalue weighted by Crippen LogP contribution is -2.31. The summed E-state index contributed by atoms with van der Waals surface area (Å²) in [6.07, 6.45) is 1.40. The van der Waals surface area contributed by atoms with Gasteiger partial charge < -0.3 is 10.8 Å². The topological polar surface area (TPSA) is 101 Å². The number of aliphatic hydroxyl groups is 1. The van der Waals surface area contributed by atoms with Crippen LogP contribution < -0.4 is 5.73 Å². The van der Waals surface area contributed by atoms with Crippen LogP contribution in [0.2, 0.25) is 0 Å². The van der Waals surface area contributed by atoms with Crippen molar-refractivity contribution in [3.8, 4) is 0 Å². The number of imidazole rings is 1. The van der Waals surface area contributed by atoms with Gasteiger partial charge in [0.05, 0.1) is 6.10 Å². The van der Waals surface area contributed by atoms with Gasteiger partial charge in [0.2, 0.25) is 0 Å². The van der Waals surface area contributed by atoms with Crippen molar-refractivity contribution in [2.75, 3.05) is 19.3 Å². The van der Waals surface area contributed by atoms with Gasteiger partial charge in [0.15, 0.2) is 10.8 Å². The molecule has 1 atom stereocenters. The summed E-state index contributed by atoms with van der Waals surface area (Å²) in [6.45, 7) is 1.82. The highest BCUT2D eigenvalue weighted by molar-refractivity contribution is 7.89. The van der Waals surface area contributed by atoms with Gasteiger partial charge in [-0.1, -0.05) is 6.07 Å². The van der Waals surface area contributed by atoms with Crippen molar-refractivity contribution < 1.29 is 13.5 Å². The summed E-state index contributed by atoms with van der Waals surface area (Å²) in [5, 5.41) is 9.22. The number of aromatic nitrogens is 2. The number of nitrogens with two attached hydrogens (primary N) is 1. The molecule has 0 radical (unpaired) electrons. The summed E-state index contributed by atoms with van der Waals surface area (Å²) >= 11 is 0. The Hall–Kier alpha value is -1.64. The van der Waals surface area contributed by atoms with Gasteiger partial charge in [0, 0.05) is 19.8 Å². The van der Waals surface area contributed by atoms with Crippen LogP contribution in [0.15, 0.2) is 29.4 Å². The Morgan fingerprint density at radius 3 is 2.85 bits per heavy atom. The molecule has 0 bridgehead atoms. The van der Waals surface area contributed by atoms with Gasteiger partial charge >= 0.3 is 0 Å². The highest BCUT2D eigenvalue weighted by Gasteiger charge is 2.28. The molecule has 3 N–H and O–H groups in total. The number of hydrogen-bond donors (Lipinski definition) is 2. The summed E-state index contributed by atoms with van der Waals surface area (Å²) in [7, 11) is -2.29. The predicted molar refractivity (Wildman–Crippen MR) is 75.7 cm³/mol. The number of nitrogen functional groups attached to an aromatic ring is 1. The molecule has 7 nitrogen and oxygen atoms in total. The van der Waals surface area contributed by atoms with Crippen LogP contribution >= 0.6 is 0 Å². The van der Waals surface area contributed by atoms with Crippen molar-refractivity contribution in [3.63, 3.8) is 0 Å². The van der Waals surface area contributed by atoms with E-state index in [9.17, 15) is 13.5 Å². The molecule has 2 aromatic heterocycles. The molecule has 8 heteroatoms. The van der Waals surface area contributed by atoms with Crippen LogP contribution in [0.3, 0.4) is 0 Å². The molecular formula is C12H18N4O3S. The molecule has 0 aliphatic carbocycles. The van der Waals surface area contributed by atoms with Crippen LogP contribution in [0.4, 0.5) is 5.82 Å². The number of rotatable bonds is 5. The molecule has 1 unspecified atom stereocenters. The van der Waals surface area contributed by atoms with E-state index in [0.717, 1.165) is 0 Å². The minimum absolute atomic E-state index is 0.0277. The van der Waals surface area contributed by atoms with Crippen LogP contribution in [0.5, 0.6) is 0 Å². The van der Waals surface area contributed by atoms with Gasteiger partial charge in [0.25, 0.3) is 10.0 Å². The molecule has 0 amide bonds. The fourth-order valence-corrected chi connectivity index (χ4v) is 3.24. The Labute approximate surface area is 117 Å². The quantitative estimate of drug-likeness (QED) is 0.827. The standard InChI is InChI=1S/C12H18N4O3S/c1-9(17)6-8-15(2)20(18,19)12-11(13)14-10-5-3-4-7-16(10)12/h3-5,7,9,17H,6,8,13H2,1-2H3. The van der Waals surface area contributed by atoms with Crippen molar-refractivity contribution in [2.24, 2.45) is 0 Å². The number of fused-ring (bicyclic) bond motifs is 1. The van der Waals surface area contributed by atoms with Crippen LogP contribution in [0.1, 0.15) is 13.3 Å². The van der Waals surface area contributed by atoms with E-state index < -0.39 is 16.1 Å². The van der Waals surface area contributed by atoms with E-state index >= 15 is 0 Å². The molecule has 2 rings (SSSR count). The van der Waals surface area contributed by atoms with E-state index in [1.54, 1.807) is 31.3 Å². The number of pyridine rings is 1. The first kappa shape index (κ1) is 14.8. The Morgan fingerprint density at radius 2 is 2.20 bits per heavy atom. The first-order chi connectivity index (χ1) is 9.34. The number of aliphatic hydroxyl groups excluding tert-OH is 1. The van der Waals surface area contributed by atoms with Gasteiger partial charge in [0.1, 0.15) is 5.65 Å². The number of nitrogens with zero attached hydrogens (tertiary/aromatic N) is 3. The van der Waals surface area contributed by atoms with E-state index in [1.165, 1.54) is 15.8 Å². The zero-order valence-corrected chi connectivity index (χ0v) is 12.2. The van der Waals surface area contributed by atoms with E-state index in [2.05, 4.69) is 4.98 Å². The summed E-state index contributed by atoms with van der Waals surface area (Å²) in [6, 6.07) is 5.16. The van der Waals surface area contributed by atoms with Crippen LogP contribution in [0.25, 0.3) is 5.65 Å². The van der Waals surface area contributed by atoms with Crippen LogP contribution in [0, 0.1) is 0 Å². The average molecular weight is 298 g/mol. The van der Waals surface area contributed by atoms with Gasteiger partial charge in [-0.05, 0) is 25.5 Å². The highest BCUT2D eigenvalue weighted by atomic mass is 32.2. The SMILES string of the molecule is CC(O)CCN(C)S(=O)(=O)c1c(N)nc2ccccn12. The molecule has 20 heavy (non-hydrogen) atoms. The minimum atomic E-state index is -3.75. The maximum atomic E-state index is 12.5. The molecular weight excluding hydrogens is 280 g/mol. The van der Waals surface area contributed by atoms with Crippen molar-refractivity contribution in [1.82, 2.24) is 13.7 Å². The minimum Gasteiger partial charge on any atom is -0.393 e. The maximum Gasteiger partial charge on any atom is 0.262 e. The van der Waals surface area contributed by atoms with E-state index in [1.807, 2.05) is 0 Å². The Kier molecular flexibility index (Phi) is 3.98. The van der Waals surface area contributed by atoms with Gasteiger partial charge in [-0.25, -0.2) is 13.4 Å². The average Bonchev–Trinajstić information content (AvgIpc) is 2.71. The second-order valence-corrected chi connectivity index (χ2v) is 6.66. The zero-order valence-electron chi connectivity index (χ0n) is 11.4. The lowest BCUT2D eigenvalue weighted by atomic mass is 10.3. The van der Waals surface area contributed by atoms with Crippen molar-refractivity contribution >= 4 is 21.5 Å². The first-order valence-corrected chi connectivity index (χ1v) is 7.65. The number of hydrogen-bond acceptors (Lipinski definition) is 5. The van der Waals surface area contributed by atoms with Gasteiger partial charge in [-0.15, -0.1) is 0 Å². The zero-order chi connectivity index (χ0) is 14.9. The van der Waals surface area contributed by atoms with Gasteiger partial charge in [-0.3, -0.25) is 4.40 Å². The number of sulfonamides is 1. The predicted octanol–water partition coefficient (Wildman–Crippen LogP) is 0.308. The largest absolute Gasteiger partial charge is 0.393 e. The lowest BCUT2D eigenvalue weighted by Gasteiger charge is -2.17. The van der Waals surface area contributed by atoms with Crippen molar-refractivity contribution in [2.45, 2.75) is 24.5 Å². The Bertz CT molecular complexity index is 709. The monoisotopic (exact) mass is 298 g/mol. The van der Waals surface area contributed by atoms with Crippen LogP contribution in [-0.2, 0) is 10.0 Å². The van der Waals surface area contributed by atoms with Crippen molar-refractivity contribution in [1.29, 1.82) is 0 Å². The summed E-state index contributed by atoms with van der Waals surface area (Å²) in [5.41, 5.74) is 6.23. The Balaban J connectivity index is 2.44. The van der Waals surface area contributed by atoms with Crippen molar-refractivity contribution in [3.05, 3.63) is 24.4 Å². The van der Waals surface area contributed by atoms with E-state index in [-0.39, 0.29) is 17.4 Å². The third kappa shape index (κ3) is 2.62. The molecule has 0 saturated carbocycles. The molecule has 2 aromatic rings.